The lowest BCUT2D eigenvalue weighted by atomic mass is 10.1. The Labute approximate surface area is 91.0 Å². The van der Waals surface area contributed by atoms with Crippen molar-refractivity contribution in [3.8, 4) is 0 Å². The summed E-state index contributed by atoms with van der Waals surface area (Å²) in [5.41, 5.74) is 0. The van der Waals surface area contributed by atoms with Gasteiger partial charge in [-0.05, 0) is 23.6 Å². The molecule has 2 aromatic rings. The summed E-state index contributed by atoms with van der Waals surface area (Å²) in [5, 5.41) is 3.02. The van der Waals surface area contributed by atoms with Crippen molar-refractivity contribution in [1.29, 1.82) is 0 Å². The van der Waals surface area contributed by atoms with Crippen LogP contribution in [-0.4, -0.2) is 0 Å². The monoisotopic (exact) mass is 228 g/mol. The Bertz CT molecular complexity index is 463. The predicted molar refractivity (Wildman–Crippen MR) is 56.7 cm³/mol. The van der Waals surface area contributed by atoms with Gasteiger partial charge in [0.05, 0.1) is 10.0 Å². The van der Waals surface area contributed by atoms with Crippen LogP contribution in [0, 0.1) is 12.1 Å². The molecule has 0 N–H and O–H groups in total. The molecule has 0 aliphatic carbocycles. The Morgan fingerprint density at radius 1 is 1.08 bits per heavy atom. The zero-order valence-corrected chi connectivity index (χ0v) is 8.63. The molecule has 0 aliphatic heterocycles. The van der Waals surface area contributed by atoms with Crippen molar-refractivity contribution in [3.63, 3.8) is 0 Å². The summed E-state index contributed by atoms with van der Waals surface area (Å²) < 4.78 is 0. The van der Waals surface area contributed by atoms with Crippen LogP contribution in [0.2, 0.25) is 15.1 Å². The van der Waals surface area contributed by atoms with Gasteiger partial charge >= 0.3 is 0 Å². The summed E-state index contributed by atoms with van der Waals surface area (Å²) in [4.78, 5) is 0. The van der Waals surface area contributed by atoms with Crippen LogP contribution in [-0.2, 0) is 0 Å². The minimum Gasteiger partial charge on any atom is -0.0836 e. The van der Waals surface area contributed by atoms with Crippen molar-refractivity contribution in [2.45, 2.75) is 0 Å². The zero-order valence-electron chi connectivity index (χ0n) is 6.37. The molecule has 0 fully saturated rings. The van der Waals surface area contributed by atoms with E-state index in [-0.39, 0.29) is 0 Å². The fraction of sp³-hybridized carbons (Fsp3) is 0. The van der Waals surface area contributed by atoms with Gasteiger partial charge in [0, 0.05) is 16.5 Å². The summed E-state index contributed by atoms with van der Waals surface area (Å²) in [6, 6.07) is 11.1. The minimum atomic E-state index is 0.385. The van der Waals surface area contributed by atoms with Gasteiger partial charge in [-0.2, -0.15) is 0 Å². The van der Waals surface area contributed by atoms with E-state index in [4.69, 9.17) is 34.8 Å². The normalized spacial score (nSPS) is 10.7. The van der Waals surface area contributed by atoms with Crippen LogP contribution >= 0.6 is 34.8 Å². The SMILES string of the molecule is Clc1[c]c2c(Cl)cc[c]c2cc1Cl. The van der Waals surface area contributed by atoms with E-state index in [0.717, 1.165) is 10.8 Å². The van der Waals surface area contributed by atoms with Crippen LogP contribution in [0.4, 0.5) is 0 Å². The van der Waals surface area contributed by atoms with Crippen molar-refractivity contribution in [1.82, 2.24) is 0 Å². The van der Waals surface area contributed by atoms with Crippen LogP contribution in [0.15, 0.2) is 18.2 Å². The molecule has 13 heavy (non-hydrogen) atoms. The van der Waals surface area contributed by atoms with E-state index in [0.29, 0.717) is 15.1 Å². The van der Waals surface area contributed by atoms with Crippen LogP contribution in [0.5, 0.6) is 0 Å². The van der Waals surface area contributed by atoms with E-state index in [1.807, 2.05) is 0 Å². The quantitative estimate of drug-likeness (QED) is 0.628. The molecule has 0 saturated heterocycles. The molecule has 0 aliphatic rings. The average molecular weight is 229 g/mol. The van der Waals surface area contributed by atoms with Gasteiger partial charge in [-0.15, -0.1) is 0 Å². The largest absolute Gasteiger partial charge is 0.0836 e. The lowest BCUT2D eigenvalue weighted by Gasteiger charge is -2.01. The smallest absolute Gasteiger partial charge is 0.0678 e. The second kappa shape index (κ2) is 3.38. The highest BCUT2D eigenvalue weighted by atomic mass is 35.5. The second-order valence-electron chi connectivity index (χ2n) is 2.55. The number of rotatable bonds is 0. The van der Waals surface area contributed by atoms with Gasteiger partial charge in [-0.1, -0.05) is 40.9 Å². The van der Waals surface area contributed by atoms with Gasteiger partial charge in [-0.3, -0.25) is 0 Å². The van der Waals surface area contributed by atoms with E-state index >= 15 is 0 Å². The van der Waals surface area contributed by atoms with Gasteiger partial charge < -0.3 is 0 Å². The maximum atomic E-state index is 5.93. The summed E-state index contributed by atoms with van der Waals surface area (Å²) in [6.45, 7) is 0. The summed E-state index contributed by atoms with van der Waals surface area (Å²) >= 11 is 17.5. The van der Waals surface area contributed by atoms with Crippen LogP contribution in [0.3, 0.4) is 0 Å². The lowest BCUT2D eigenvalue weighted by Crippen LogP contribution is -1.76. The number of benzene rings is 2. The summed E-state index contributed by atoms with van der Waals surface area (Å²) in [6.07, 6.45) is 0. The molecule has 0 saturated carbocycles. The average Bonchev–Trinajstić information content (AvgIpc) is 2.09. The molecule has 2 aromatic carbocycles. The molecule has 2 radical (unpaired) electrons. The van der Waals surface area contributed by atoms with E-state index in [1.165, 1.54) is 0 Å². The molecule has 0 spiro atoms. The molecule has 0 unspecified atom stereocenters. The Morgan fingerprint density at radius 2 is 1.85 bits per heavy atom. The van der Waals surface area contributed by atoms with Gasteiger partial charge in [0.2, 0.25) is 0 Å². The summed E-state index contributed by atoms with van der Waals surface area (Å²) in [5.74, 6) is 0. The number of hydrogen-bond acceptors (Lipinski definition) is 0. The topological polar surface area (TPSA) is 0 Å². The van der Waals surface area contributed by atoms with Crippen LogP contribution in [0.25, 0.3) is 10.8 Å². The Balaban J connectivity index is 2.89. The van der Waals surface area contributed by atoms with Crippen molar-refractivity contribution in [2.24, 2.45) is 0 Å². The first-order chi connectivity index (χ1) is 6.18. The van der Waals surface area contributed by atoms with Gasteiger partial charge in [0.1, 0.15) is 0 Å². The molecule has 2 rings (SSSR count). The molecule has 64 valence electrons. The Kier molecular flexibility index (Phi) is 2.37. The standard InChI is InChI=1S/C10H3Cl3/c11-8-3-1-2-6-4-9(12)10(13)5-7(6)8/h1,3-4H. The first-order valence-corrected chi connectivity index (χ1v) is 4.69. The first kappa shape index (κ1) is 9.14. The molecular formula is C10H3Cl3. The highest BCUT2D eigenvalue weighted by molar-refractivity contribution is 6.43. The minimum absolute atomic E-state index is 0.385. The third-order valence-electron chi connectivity index (χ3n) is 1.69. The maximum Gasteiger partial charge on any atom is 0.0678 e. The fourth-order valence-electron chi connectivity index (χ4n) is 1.09. The highest BCUT2D eigenvalue weighted by Gasteiger charge is 2.03. The van der Waals surface area contributed by atoms with Gasteiger partial charge in [0.25, 0.3) is 0 Å². The molecule has 0 amide bonds. The predicted octanol–water partition coefficient (Wildman–Crippen LogP) is 4.40. The Morgan fingerprint density at radius 3 is 2.62 bits per heavy atom. The molecule has 0 aromatic heterocycles. The molecule has 0 nitrogen and oxygen atoms in total. The fourth-order valence-corrected chi connectivity index (χ4v) is 1.61. The van der Waals surface area contributed by atoms with E-state index in [1.54, 1.807) is 18.2 Å². The highest BCUT2D eigenvalue weighted by Crippen LogP contribution is 2.30. The van der Waals surface area contributed by atoms with Crippen molar-refractivity contribution >= 4 is 45.6 Å². The molecular weight excluding hydrogens is 226 g/mol. The van der Waals surface area contributed by atoms with Crippen molar-refractivity contribution in [2.75, 3.05) is 0 Å². The summed E-state index contributed by atoms with van der Waals surface area (Å²) in [7, 11) is 0. The van der Waals surface area contributed by atoms with E-state index in [9.17, 15) is 0 Å². The van der Waals surface area contributed by atoms with Crippen LogP contribution < -0.4 is 0 Å². The molecule has 0 bridgehead atoms. The maximum absolute atomic E-state index is 5.93. The third kappa shape index (κ3) is 1.62. The number of hydrogen-bond donors (Lipinski definition) is 0. The van der Waals surface area contributed by atoms with Gasteiger partial charge in [0.15, 0.2) is 0 Å². The molecule has 0 heterocycles. The van der Waals surface area contributed by atoms with Gasteiger partial charge in [-0.25, -0.2) is 0 Å². The van der Waals surface area contributed by atoms with E-state index in [2.05, 4.69) is 12.1 Å². The first-order valence-electron chi connectivity index (χ1n) is 3.55. The second-order valence-corrected chi connectivity index (χ2v) is 3.74. The molecule has 3 heteroatoms. The van der Waals surface area contributed by atoms with Crippen molar-refractivity contribution in [3.05, 3.63) is 45.4 Å². The van der Waals surface area contributed by atoms with Crippen LogP contribution in [0.1, 0.15) is 0 Å². The molecule has 0 atom stereocenters. The van der Waals surface area contributed by atoms with E-state index < -0.39 is 0 Å². The lowest BCUT2D eigenvalue weighted by molar-refractivity contribution is 1.72. The zero-order chi connectivity index (χ0) is 9.42. The number of halogens is 3. The number of fused-ring (bicyclic) bond motifs is 1. The Hall–Kier alpha value is -0.430. The van der Waals surface area contributed by atoms with Crippen molar-refractivity contribution < 1.29 is 0 Å². The third-order valence-corrected chi connectivity index (χ3v) is 2.70.